The average molecular weight is 193 g/mol. The first kappa shape index (κ1) is 8.75. The highest BCUT2D eigenvalue weighted by Gasteiger charge is 2.48. The van der Waals surface area contributed by atoms with Crippen LogP contribution in [-0.2, 0) is 4.79 Å². The van der Waals surface area contributed by atoms with Crippen LogP contribution in [-0.4, -0.2) is 11.9 Å². The summed E-state index contributed by atoms with van der Waals surface area (Å²) in [4.78, 5) is 11.8. The fourth-order valence-corrected chi connectivity index (χ4v) is 3.27. The molecule has 2 unspecified atom stereocenters. The van der Waals surface area contributed by atoms with Gasteiger partial charge in [-0.1, -0.05) is 6.92 Å². The van der Waals surface area contributed by atoms with Gasteiger partial charge in [-0.3, -0.25) is 4.79 Å². The first-order valence-corrected chi connectivity index (χ1v) is 6.02. The van der Waals surface area contributed by atoms with Gasteiger partial charge in [0.05, 0.1) is 0 Å². The van der Waals surface area contributed by atoms with Crippen molar-refractivity contribution in [2.24, 2.45) is 23.7 Å². The van der Waals surface area contributed by atoms with Crippen LogP contribution in [0, 0.1) is 23.7 Å². The quantitative estimate of drug-likeness (QED) is 0.713. The smallest absolute Gasteiger partial charge is 0.223 e. The van der Waals surface area contributed by atoms with Crippen molar-refractivity contribution in [3.8, 4) is 0 Å². The van der Waals surface area contributed by atoms with Crippen LogP contribution in [0.2, 0.25) is 0 Å². The van der Waals surface area contributed by atoms with Gasteiger partial charge in [0.25, 0.3) is 0 Å². The number of rotatable bonds is 2. The Balaban J connectivity index is 1.46. The summed E-state index contributed by atoms with van der Waals surface area (Å²) in [7, 11) is 0. The molecule has 3 saturated carbocycles. The number of hydrogen-bond donors (Lipinski definition) is 1. The van der Waals surface area contributed by atoms with Crippen LogP contribution in [0.4, 0.5) is 0 Å². The molecule has 14 heavy (non-hydrogen) atoms. The number of amides is 1. The van der Waals surface area contributed by atoms with E-state index in [0.29, 0.717) is 17.9 Å². The minimum atomic E-state index is 0.356. The van der Waals surface area contributed by atoms with Crippen LogP contribution in [0.15, 0.2) is 0 Å². The molecule has 2 heteroatoms. The van der Waals surface area contributed by atoms with Gasteiger partial charge in [0.15, 0.2) is 0 Å². The largest absolute Gasteiger partial charge is 0.353 e. The Morgan fingerprint density at radius 1 is 1.07 bits per heavy atom. The van der Waals surface area contributed by atoms with Gasteiger partial charge in [0.1, 0.15) is 0 Å². The van der Waals surface area contributed by atoms with Gasteiger partial charge in [0.2, 0.25) is 5.91 Å². The van der Waals surface area contributed by atoms with Crippen LogP contribution in [0.3, 0.4) is 0 Å². The first-order valence-electron chi connectivity index (χ1n) is 6.02. The van der Waals surface area contributed by atoms with Gasteiger partial charge in [-0.15, -0.1) is 0 Å². The van der Waals surface area contributed by atoms with Gasteiger partial charge in [-0.2, -0.15) is 0 Å². The normalized spacial score (nSPS) is 49.4. The molecule has 0 aromatic rings. The fraction of sp³-hybridized carbons (Fsp3) is 0.917. The number of nitrogens with one attached hydrogen (secondary N) is 1. The summed E-state index contributed by atoms with van der Waals surface area (Å²) >= 11 is 0. The van der Waals surface area contributed by atoms with E-state index in [1.165, 1.54) is 32.1 Å². The molecule has 2 atom stereocenters. The fourth-order valence-electron chi connectivity index (χ4n) is 3.27. The Kier molecular flexibility index (Phi) is 1.86. The lowest BCUT2D eigenvalue weighted by molar-refractivity contribution is -0.126. The van der Waals surface area contributed by atoms with Crippen molar-refractivity contribution in [2.75, 3.05) is 0 Å². The zero-order valence-corrected chi connectivity index (χ0v) is 8.83. The Morgan fingerprint density at radius 3 is 2.29 bits per heavy atom. The second kappa shape index (κ2) is 2.98. The molecule has 0 aromatic carbocycles. The van der Waals surface area contributed by atoms with Gasteiger partial charge in [0, 0.05) is 12.0 Å². The third-order valence-electron chi connectivity index (χ3n) is 4.33. The van der Waals surface area contributed by atoms with Gasteiger partial charge in [-0.25, -0.2) is 0 Å². The molecule has 0 spiro atoms. The predicted octanol–water partition coefficient (Wildman–Crippen LogP) is 1.95. The van der Waals surface area contributed by atoms with Crippen molar-refractivity contribution in [3.05, 3.63) is 0 Å². The third kappa shape index (κ3) is 1.45. The van der Waals surface area contributed by atoms with E-state index in [2.05, 4.69) is 12.2 Å². The van der Waals surface area contributed by atoms with Crippen LogP contribution < -0.4 is 5.32 Å². The van der Waals surface area contributed by atoms with Crippen LogP contribution in [0.25, 0.3) is 0 Å². The van der Waals surface area contributed by atoms with E-state index in [1.807, 2.05) is 0 Å². The maximum Gasteiger partial charge on any atom is 0.223 e. The highest BCUT2D eigenvalue weighted by atomic mass is 16.2. The van der Waals surface area contributed by atoms with Crippen molar-refractivity contribution in [3.63, 3.8) is 0 Å². The summed E-state index contributed by atoms with van der Waals surface area (Å²) in [6, 6.07) is 0.509. The Morgan fingerprint density at radius 2 is 1.71 bits per heavy atom. The molecule has 3 rings (SSSR count). The van der Waals surface area contributed by atoms with Crippen molar-refractivity contribution in [2.45, 2.75) is 45.1 Å². The Bertz CT molecular complexity index is 247. The summed E-state index contributed by atoms with van der Waals surface area (Å²) in [6.07, 6.45) is 6.17. The van der Waals surface area contributed by atoms with Crippen LogP contribution in [0.1, 0.15) is 39.0 Å². The number of carbonyl (C=O) groups excluding carboxylic acids is 1. The van der Waals surface area contributed by atoms with Crippen LogP contribution >= 0.6 is 0 Å². The molecule has 3 aliphatic rings. The molecule has 0 saturated heterocycles. The van der Waals surface area contributed by atoms with E-state index in [-0.39, 0.29) is 0 Å². The summed E-state index contributed by atoms with van der Waals surface area (Å²) in [5.74, 6) is 3.40. The molecule has 1 amide bonds. The first-order chi connectivity index (χ1) is 6.72. The maximum atomic E-state index is 11.8. The number of hydrogen-bond acceptors (Lipinski definition) is 1. The van der Waals surface area contributed by atoms with Crippen molar-refractivity contribution < 1.29 is 4.79 Å². The lowest BCUT2D eigenvalue weighted by Gasteiger charge is -2.34. The molecule has 0 bridgehead atoms. The molecule has 3 fully saturated rings. The Hall–Kier alpha value is -0.530. The average Bonchev–Trinajstić information content (AvgIpc) is 2.71. The zero-order valence-electron chi connectivity index (χ0n) is 8.83. The summed E-state index contributed by atoms with van der Waals surface area (Å²) < 4.78 is 0. The van der Waals surface area contributed by atoms with Crippen molar-refractivity contribution >= 4 is 5.91 Å². The number of carbonyl (C=O) groups is 1. The molecule has 3 aliphatic carbocycles. The van der Waals surface area contributed by atoms with E-state index in [0.717, 1.165) is 17.8 Å². The van der Waals surface area contributed by atoms with E-state index in [1.54, 1.807) is 0 Å². The molecule has 1 N–H and O–H groups in total. The third-order valence-corrected chi connectivity index (χ3v) is 4.33. The molecular weight excluding hydrogens is 174 g/mol. The highest BCUT2D eigenvalue weighted by Crippen LogP contribution is 2.54. The number of fused-ring (bicyclic) bond motifs is 1. The van der Waals surface area contributed by atoms with Crippen molar-refractivity contribution in [1.29, 1.82) is 0 Å². The topological polar surface area (TPSA) is 29.1 Å². The standard InChI is InChI=1S/C12H19NO/c1-7-2-11(3-7)13-12(14)10-5-8-4-9(8)6-10/h7-11H,2-6H2,1H3,(H,13,14). The van der Waals surface area contributed by atoms with Gasteiger partial charge < -0.3 is 5.32 Å². The molecular formula is C12H19NO. The lowest BCUT2D eigenvalue weighted by atomic mass is 9.81. The van der Waals surface area contributed by atoms with E-state index >= 15 is 0 Å². The maximum absolute atomic E-state index is 11.8. The second-order valence-electron chi connectivity index (χ2n) is 5.71. The lowest BCUT2D eigenvalue weighted by Crippen LogP contribution is -2.45. The zero-order chi connectivity index (χ0) is 9.71. The molecule has 0 radical (unpaired) electrons. The molecule has 0 aromatic heterocycles. The summed E-state index contributed by atoms with van der Waals surface area (Å²) in [5.41, 5.74) is 0. The van der Waals surface area contributed by atoms with Gasteiger partial charge >= 0.3 is 0 Å². The summed E-state index contributed by atoms with van der Waals surface area (Å²) in [6.45, 7) is 2.26. The molecule has 0 aliphatic heterocycles. The van der Waals surface area contributed by atoms with Gasteiger partial charge in [-0.05, 0) is 49.9 Å². The van der Waals surface area contributed by atoms with Crippen LogP contribution in [0.5, 0.6) is 0 Å². The van der Waals surface area contributed by atoms with Crippen molar-refractivity contribution in [1.82, 2.24) is 5.32 Å². The SMILES string of the molecule is CC1CC(NC(=O)C2CC3CC3C2)C1. The Labute approximate surface area is 85.4 Å². The molecule has 2 nitrogen and oxygen atoms in total. The molecule has 0 heterocycles. The van der Waals surface area contributed by atoms with E-state index in [9.17, 15) is 4.79 Å². The van der Waals surface area contributed by atoms with E-state index < -0.39 is 0 Å². The van der Waals surface area contributed by atoms with E-state index in [4.69, 9.17) is 0 Å². The predicted molar refractivity (Wildman–Crippen MR) is 54.6 cm³/mol. The second-order valence-corrected chi connectivity index (χ2v) is 5.71. The minimum Gasteiger partial charge on any atom is -0.353 e. The minimum absolute atomic E-state index is 0.356. The summed E-state index contributed by atoms with van der Waals surface area (Å²) in [5, 5.41) is 3.19. The molecule has 78 valence electrons. The highest BCUT2D eigenvalue weighted by molar-refractivity contribution is 5.79. The monoisotopic (exact) mass is 193 g/mol.